The molecule has 1 aromatic carbocycles. The van der Waals surface area contributed by atoms with Crippen molar-refractivity contribution >= 4 is 11.3 Å². The van der Waals surface area contributed by atoms with Gasteiger partial charge in [-0.25, -0.2) is 0 Å². The molecule has 3 aromatic heterocycles. The SMILES string of the molecule is c1cc(-c2noc(-c3ccsc3)n2)cc(-c2ccn[nH]2)c1. The third-order valence-electron chi connectivity index (χ3n) is 3.13. The van der Waals surface area contributed by atoms with Gasteiger partial charge in [-0.3, -0.25) is 5.10 Å². The maximum atomic E-state index is 5.32. The number of benzene rings is 1. The zero-order chi connectivity index (χ0) is 14.1. The van der Waals surface area contributed by atoms with Crippen LogP contribution in [0.2, 0.25) is 0 Å². The van der Waals surface area contributed by atoms with Crippen LogP contribution in [0.15, 0.2) is 57.9 Å². The Balaban J connectivity index is 1.72. The number of rotatable bonds is 3. The number of aromatic nitrogens is 4. The number of hydrogen-bond donors (Lipinski definition) is 1. The van der Waals surface area contributed by atoms with Crippen LogP contribution in [0.25, 0.3) is 34.1 Å². The molecule has 0 saturated heterocycles. The molecule has 0 unspecified atom stereocenters. The quantitative estimate of drug-likeness (QED) is 0.623. The summed E-state index contributed by atoms with van der Waals surface area (Å²) in [6.45, 7) is 0. The van der Waals surface area contributed by atoms with E-state index in [9.17, 15) is 0 Å². The summed E-state index contributed by atoms with van der Waals surface area (Å²) in [5.74, 6) is 1.12. The first-order chi connectivity index (χ1) is 10.4. The molecule has 0 amide bonds. The Kier molecular flexibility index (Phi) is 2.86. The Labute approximate surface area is 124 Å². The van der Waals surface area contributed by atoms with Crippen LogP contribution < -0.4 is 0 Å². The summed E-state index contributed by atoms with van der Waals surface area (Å²) >= 11 is 1.60. The highest BCUT2D eigenvalue weighted by atomic mass is 32.1. The standard InChI is InChI=1S/C15H10N4OS/c1-2-10(13-4-6-16-18-13)8-11(3-1)14-17-15(20-19-14)12-5-7-21-9-12/h1-9H,(H,16,18). The molecular formula is C15H10N4OS. The summed E-state index contributed by atoms with van der Waals surface area (Å²) < 4.78 is 5.32. The summed E-state index contributed by atoms with van der Waals surface area (Å²) in [6.07, 6.45) is 1.73. The maximum absolute atomic E-state index is 5.32. The van der Waals surface area contributed by atoms with Crippen molar-refractivity contribution < 1.29 is 4.52 Å². The van der Waals surface area contributed by atoms with E-state index in [1.807, 2.05) is 47.2 Å². The molecule has 5 nitrogen and oxygen atoms in total. The molecule has 4 rings (SSSR count). The van der Waals surface area contributed by atoms with Gasteiger partial charge in [-0.05, 0) is 23.6 Å². The van der Waals surface area contributed by atoms with Crippen LogP contribution >= 0.6 is 11.3 Å². The zero-order valence-electron chi connectivity index (χ0n) is 10.9. The molecule has 0 saturated carbocycles. The van der Waals surface area contributed by atoms with E-state index < -0.39 is 0 Å². The van der Waals surface area contributed by atoms with Crippen LogP contribution in [0.1, 0.15) is 0 Å². The Morgan fingerprint density at radius 2 is 2.00 bits per heavy atom. The Morgan fingerprint density at radius 1 is 1.05 bits per heavy atom. The van der Waals surface area contributed by atoms with Crippen molar-refractivity contribution in [1.29, 1.82) is 0 Å². The van der Waals surface area contributed by atoms with E-state index in [2.05, 4.69) is 20.3 Å². The number of hydrogen-bond acceptors (Lipinski definition) is 5. The molecule has 1 N–H and O–H groups in total. The smallest absolute Gasteiger partial charge is 0.259 e. The van der Waals surface area contributed by atoms with Gasteiger partial charge in [-0.1, -0.05) is 23.4 Å². The van der Waals surface area contributed by atoms with Crippen molar-refractivity contribution in [3.8, 4) is 34.1 Å². The van der Waals surface area contributed by atoms with Crippen LogP contribution in [0, 0.1) is 0 Å². The minimum Gasteiger partial charge on any atom is -0.334 e. The maximum Gasteiger partial charge on any atom is 0.259 e. The van der Waals surface area contributed by atoms with Crippen molar-refractivity contribution in [2.75, 3.05) is 0 Å². The topological polar surface area (TPSA) is 67.6 Å². The second-order valence-electron chi connectivity index (χ2n) is 4.49. The molecular weight excluding hydrogens is 284 g/mol. The van der Waals surface area contributed by atoms with Crippen molar-refractivity contribution in [1.82, 2.24) is 20.3 Å². The number of nitrogens with zero attached hydrogens (tertiary/aromatic N) is 3. The summed E-state index contributed by atoms with van der Waals surface area (Å²) in [4.78, 5) is 4.45. The van der Waals surface area contributed by atoms with Crippen LogP contribution in [-0.4, -0.2) is 20.3 Å². The van der Waals surface area contributed by atoms with Crippen molar-refractivity contribution in [3.05, 3.63) is 53.4 Å². The van der Waals surface area contributed by atoms with E-state index in [-0.39, 0.29) is 0 Å². The molecule has 0 aliphatic heterocycles. The first-order valence-corrected chi connectivity index (χ1v) is 7.31. The minimum atomic E-state index is 0.540. The molecule has 6 heteroatoms. The lowest BCUT2D eigenvalue weighted by Crippen LogP contribution is -1.83. The van der Waals surface area contributed by atoms with Crippen LogP contribution in [0.4, 0.5) is 0 Å². The highest BCUT2D eigenvalue weighted by Crippen LogP contribution is 2.26. The molecule has 21 heavy (non-hydrogen) atoms. The molecule has 0 spiro atoms. The van der Waals surface area contributed by atoms with Gasteiger partial charge in [0.25, 0.3) is 5.89 Å². The monoisotopic (exact) mass is 294 g/mol. The van der Waals surface area contributed by atoms with Crippen LogP contribution in [0.3, 0.4) is 0 Å². The van der Waals surface area contributed by atoms with Crippen molar-refractivity contribution in [2.24, 2.45) is 0 Å². The Bertz CT molecular complexity index is 850. The van der Waals surface area contributed by atoms with Gasteiger partial charge in [-0.15, -0.1) is 0 Å². The van der Waals surface area contributed by atoms with E-state index >= 15 is 0 Å². The van der Waals surface area contributed by atoms with Gasteiger partial charge < -0.3 is 4.52 Å². The molecule has 3 heterocycles. The third kappa shape index (κ3) is 2.25. The fourth-order valence-electron chi connectivity index (χ4n) is 2.09. The van der Waals surface area contributed by atoms with Crippen molar-refractivity contribution in [2.45, 2.75) is 0 Å². The number of thiophene rings is 1. The van der Waals surface area contributed by atoms with E-state index in [1.54, 1.807) is 17.5 Å². The van der Waals surface area contributed by atoms with Crippen molar-refractivity contribution in [3.63, 3.8) is 0 Å². The number of nitrogens with one attached hydrogen (secondary N) is 1. The molecule has 0 atom stereocenters. The normalized spacial score (nSPS) is 10.9. The third-order valence-corrected chi connectivity index (χ3v) is 3.81. The summed E-state index contributed by atoms with van der Waals surface area (Å²) in [5, 5.41) is 14.9. The average molecular weight is 294 g/mol. The van der Waals surface area contributed by atoms with E-state index in [1.165, 1.54) is 0 Å². The van der Waals surface area contributed by atoms with Crippen LogP contribution in [-0.2, 0) is 0 Å². The number of aromatic amines is 1. The average Bonchev–Trinajstić information content (AvgIpc) is 3.26. The predicted molar refractivity (Wildman–Crippen MR) is 80.6 cm³/mol. The van der Waals surface area contributed by atoms with Gasteiger partial charge in [0.1, 0.15) is 0 Å². The highest BCUT2D eigenvalue weighted by molar-refractivity contribution is 7.08. The van der Waals surface area contributed by atoms with Gasteiger partial charge in [0.05, 0.1) is 11.3 Å². The zero-order valence-corrected chi connectivity index (χ0v) is 11.7. The highest BCUT2D eigenvalue weighted by Gasteiger charge is 2.11. The van der Waals surface area contributed by atoms with Gasteiger partial charge >= 0.3 is 0 Å². The fourth-order valence-corrected chi connectivity index (χ4v) is 2.72. The van der Waals surface area contributed by atoms with Crippen LogP contribution in [0.5, 0.6) is 0 Å². The summed E-state index contributed by atoms with van der Waals surface area (Å²) in [6, 6.07) is 11.8. The van der Waals surface area contributed by atoms with E-state index in [0.29, 0.717) is 11.7 Å². The molecule has 4 aromatic rings. The lowest BCUT2D eigenvalue weighted by molar-refractivity contribution is 0.432. The van der Waals surface area contributed by atoms with Gasteiger partial charge in [0.2, 0.25) is 5.82 Å². The molecule has 0 radical (unpaired) electrons. The fraction of sp³-hybridized carbons (Fsp3) is 0. The molecule has 0 bridgehead atoms. The second-order valence-corrected chi connectivity index (χ2v) is 5.27. The second kappa shape index (κ2) is 4.99. The molecule has 102 valence electrons. The Hall–Kier alpha value is -2.73. The number of H-pyrrole nitrogens is 1. The first kappa shape index (κ1) is 12.0. The molecule has 0 aliphatic carbocycles. The lowest BCUT2D eigenvalue weighted by atomic mass is 10.1. The lowest BCUT2D eigenvalue weighted by Gasteiger charge is -1.99. The minimum absolute atomic E-state index is 0.540. The Morgan fingerprint density at radius 3 is 2.81 bits per heavy atom. The summed E-state index contributed by atoms with van der Waals surface area (Å²) in [5.41, 5.74) is 3.85. The van der Waals surface area contributed by atoms with Gasteiger partial charge in [0.15, 0.2) is 0 Å². The van der Waals surface area contributed by atoms with Gasteiger partial charge in [0, 0.05) is 22.7 Å². The van der Waals surface area contributed by atoms with Gasteiger partial charge in [-0.2, -0.15) is 21.4 Å². The summed E-state index contributed by atoms with van der Waals surface area (Å²) in [7, 11) is 0. The first-order valence-electron chi connectivity index (χ1n) is 6.36. The predicted octanol–water partition coefficient (Wildman–Crippen LogP) is 3.86. The van der Waals surface area contributed by atoms with E-state index in [4.69, 9.17) is 4.52 Å². The largest absolute Gasteiger partial charge is 0.334 e. The van der Waals surface area contributed by atoms with E-state index in [0.717, 1.165) is 22.4 Å². The molecule has 0 fully saturated rings. The molecule has 0 aliphatic rings.